The zero-order valence-electron chi connectivity index (χ0n) is 17.0. The molecule has 1 aromatic heterocycles. The van der Waals surface area contributed by atoms with E-state index in [1.807, 2.05) is 81.1 Å². The Hall–Kier alpha value is -2.79. The number of aromatic amines is 1. The number of fused-ring (bicyclic) bond motifs is 1. The van der Waals surface area contributed by atoms with Gasteiger partial charge in [-0.25, -0.2) is 0 Å². The minimum absolute atomic E-state index is 0.0425. The molecule has 0 spiro atoms. The van der Waals surface area contributed by atoms with E-state index in [0.717, 1.165) is 28.1 Å². The molecular weight excluding hydrogens is 386 g/mol. The van der Waals surface area contributed by atoms with Crippen LogP contribution in [0.15, 0.2) is 48.5 Å². The van der Waals surface area contributed by atoms with Crippen LogP contribution in [0.25, 0.3) is 11.3 Å². The fraction of sp³-hybridized carbons (Fsp3) is 0.304. The lowest BCUT2D eigenvalue weighted by Crippen LogP contribution is -2.44. The average Bonchev–Trinajstić information content (AvgIpc) is 3.22. The van der Waals surface area contributed by atoms with Crippen LogP contribution in [0.5, 0.6) is 5.75 Å². The van der Waals surface area contributed by atoms with Crippen molar-refractivity contribution in [3.63, 3.8) is 0 Å². The van der Waals surface area contributed by atoms with E-state index in [-0.39, 0.29) is 17.5 Å². The summed E-state index contributed by atoms with van der Waals surface area (Å²) in [5.41, 5.74) is 3.80. The fourth-order valence-electron chi connectivity index (χ4n) is 3.90. The van der Waals surface area contributed by atoms with E-state index in [1.165, 1.54) is 0 Å². The highest BCUT2D eigenvalue weighted by Crippen LogP contribution is 2.46. The Labute approximate surface area is 175 Å². The van der Waals surface area contributed by atoms with Crippen LogP contribution < -0.4 is 4.74 Å². The molecule has 29 heavy (non-hydrogen) atoms. The van der Waals surface area contributed by atoms with Crippen molar-refractivity contribution in [1.82, 2.24) is 15.1 Å². The van der Waals surface area contributed by atoms with Crippen LogP contribution in [0, 0.1) is 0 Å². The topological polar surface area (TPSA) is 58.2 Å². The average molecular weight is 410 g/mol. The number of halogens is 1. The van der Waals surface area contributed by atoms with Gasteiger partial charge in [-0.05, 0) is 57.5 Å². The maximum absolute atomic E-state index is 13.3. The Bertz CT molecular complexity index is 1030. The molecule has 4 rings (SSSR count). The predicted octanol–water partition coefficient (Wildman–Crippen LogP) is 5.47. The zero-order valence-corrected chi connectivity index (χ0v) is 17.7. The molecule has 0 radical (unpaired) electrons. The number of aromatic nitrogens is 2. The van der Waals surface area contributed by atoms with Gasteiger partial charge in [0.15, 0.2) is 0 Å². The number of carbonyl (C=O) groups excluding carboxylic acids is 1. The molecule has 1 amide bonds. The van der Waals surface area contributed by atoms with Crippen molar-refractivity contribution < 1.29 is 9.53 Å². The minimum Gasteiger partial charge on any atom is -0.494 e. The zero-order chi connectivity index (χ0) is 20.8. The molecule has 0 aliphatic carbocycles. The number of benzene rings is 2. The molecule has 0 saturated carbocycles. The van der Waals surface area contributed by atoms with E-state index in [9.17, 15) is 4.79 Å². The summed E-state index contributed by atoms with van der Waals surface area (Å²) in [5.74, 6) is 0.771. The van der Waals surface area contributed by atoms with Crippen LogP contribution in [-0.2, 0) is 0 Å². The summed E-state index contributed by atoms with van der Waals surface area (Å²) in [5, 5.41) is 8.13. The van der Waals surface area contributed by atoms with Gasteiger partial charge >= 0.3 is 0 Å². The third kappa shape index (κ3) is 3.40. The van der Waals surface area contributed by atoms with Gasteiger partial charge in [-0.2, -0.15) is 5.10 Å². The molecular formula is C23H24ClN3O2. The van der Waals surface area contributed by atoms with E-state index in [0.29, 0.717) is 17.3 Å². The van der Waals surface area contributed by atoms with Crippen LogP contribution in [0.1, 0.15) is 55.4 Å². The Morgan fingerprint density at radius 2 is 1.76 bits per heavy atom. The lowest BCUT2D eigenvalue weighted by molar-refractivity contribution is 0.0546. The van der Waals surface area contributed by atoms with Gasteiger partial charge in [-0.1, -0.05) is 35.9 Å². The Morgan fingerprint density at radius 3 is 2.34 bits per heavy atom. The summed E-state index contributed by atoms with van der Waals surface area (Å²) in [6.45, 7) is 8.72. The highest BCUT2D eigenvalue weighted by Gasteiger charge is 2.46. The second-order valence-electron chi connectivity index (χ2n) is 8.12. The third-order valence-electron chi connectivity index (χ3n) is 5.12. The van der Waals surface area contributed by atoms with Gasteiger partial charge < -0.3 is 9.64 Å². The standard InChI is InChI=1S/C23H24ClN3O2/c1-5-29-17-12-8-15(9-13-17)21-18-19(14-6-10-16(24)11-7-14)25-26-20(18)22(28)27(21)23(2,3)4/h6-13,21H,5H2,1-4H3,(H,25,26). The van der Waals surface area contributed by atoms with E-state index >= 15 is 0 Å². The summed E-state index contributed by atoms with van der Waals surface area (Å²) in [7, 11) is 0. The molecule has 1 atom stereocenters. The molecule has 0 saturated heterocycles. The van der Waals surface area contributed by atoms with Gasteiger partial charge in [-0.3, -0.25) is 9.89 Å². The number of ether oxygens (including phenoxy) is 1. The van der Waals surface area contributed by atoms with Gasteiger partial charge in [0, 0.05) is 21.7 Å². The normalized spacial score (nSPS) is 16.2. The van der Waals surface area contributed by atoms with Crippen molar-refractivity contribution in [3.8, 4) is 17.0 Å². The van der Waals surface area contributed by atoms with Crippen molar-refractivity contribution in [2.24, 2.45) is 0 Å². The lowest BCUT2D eigenvalue weighted by atomic mass is 9.93. The van der Waals surface area contributed by atoms with Crippen molar-refractivity contribution in [3.05, 3.63) is 70.4 Å². The second-order valence-corrected chi connectivity index (χ2v) is 8.55. The van der Waals surface area contributed by atoms with E-state index in [4.69, 9.17) is 16.3 Å². The molecule has 1 unspecified atom stereocenters. The number of nitrogens with zero attached hydrogens (tertiary/aromatic N) is 2. The second kappa shape index (κ2) is 7.23. The molecule has 150 valence electrons. The molecule has 5 nitrogen and oxygen atoms in total. The van der Waals surface area contributed by atoms with E-state index < -0.39 is 0 Å². The van der Waals surface area contributed by atoms with Gasteiger partial charge in [0.05, 0.1) is 18.3 Å². The van der Waals surface area contributed by atoms with Crippen LogP contribution in [0.4, 0.5) is 0 Å². The van der Waals surface area contributed by atoms with Crippen molar-refractivity contribution >= 4 is 17.5 Å². The first-order valence-electron chi connectivity index (χ1n) is 9.72. The highest BCUT2D eigenvalue weighted by molar-refractivity contribution is 6.30. The Balaban J connectivity index is 1.87. The van der Waals surface area contributed by atoms with E-state index in [2.05, 4.69) is 10.2 Å². The van der Waals surface area contributed by atoms with Gasteiger partial charge in [-0.15, -0.1) is 0 Å². The maximum Gasteiger partial charge on any atom is 0.273 e. The van der Waals surface area contributed by atoms with Crippen LogP contribution in [0.3, 0.4) is 0 Å². The van der Waals surface area contributed by atoms with Crippen LogP contribution in [-0.4, -0.2) is 33.2 Å². The molecule has 0 bridgehead atoms. The summed E-state index contributed by atoms with van der Waals surface area (Å²) in [6, 6.07) is 15.2. The van der Waals surface area contributed by atoms with Crippen LogP contribution >= 0.6 is 11.6 Å². The number of hydrogen-bond donors (Lipinski definition) is 1. The SMILES string of the molecule is CCOc1ccc(C2c3c(-c4ccc(Cl)cc4)n[nH]c3C(=O)N2C(C)(C)C)cc1. The number of amides is 1. The highest BCUT2D eigenvalue weighted by atomic mass is 35.5. The number of carbonyl (C=O) groups is 1. The quantitative estimate of drug-likeness (QED) is 0.621. The molecule has 0 fully saturated rings. The van der Waals surface area contributed by atoms with Gasteiger partial charge in [0.25, 0.3) is 5.91 Å². The molecule has 1 aliphatic heterocycles. The Kier molecular flexibility index (Phi) is 4.87. The first kappa shape index (κ1) is 19.5. The first-order chi connectivity index (χ1) is 13.8. The molecule has 2 aromatic carbocycles. The van der Waals surface area contributed by atoms with Gasteiger partial charge in [0.2, 0.25) is 0 Å². The summed E-state index contributed by atoms with van der Waals surface area (Å²) in [6.07, 6.45) is 0. The molecule has 1 aliphatic rings. The van der Waals surface area contributed by atoms with Crippen molar-refractivity contribution in [1.29, 1.82) is 0 Å². The molecule has 3 aromatic rings. The number of H-pyrrole nitrogens is 1. The van der Waals surface area contributed by atoms with Crippen LogP contribution in [0.2, 0.25) is 5.02 Å². The largest absolute Gasteiger partial charge is 0.494 e. The molecule has 2 heterocycles. The summed E-state index contributed by atoms with van der Waals surface area (Å²) < 4.78 is 5.59. The number of rotatable bonds is 4. The van der Waals surface area contributed by atoms with Crippen molar-refractivity contribution in [2.75, 3.05) is 6.61 Å². The molecule has 6 heteroatoms. The minimum atomic E-state index is -0.364. The first-order valence-corrected chi connectivity index (χ1v) is 10.1. The van der Waals surface area contributed by atoms with E-state index in [1.54, 1.807) is 0 Å². The molecule has 1 N–H and O–H groups in total. The third-order valence-corrected chi connectivity index (χ3v) is 5.37. The Morgan fingerprint density at radius 1 is 1.10 bits per heavy atom. The van der Waals surface area contributed by atoms with Crippen molar-refractivity contribution in [2.45, 2.75) is 39.3 Å². The fourth-order valence-corrected chi connectivity index (χ4v) is 4.02. The lowest BCUT2D eigenvalue weighted by Gasteiger charge is -2.37. The maximum atomic E-state index is 13.3. The number of hydrogen-bond acceptors (Lipinski definition) is 3. The monoisotopic (exact) mass is 409 g/mol. The predicted molar refractivity (Wildman–Crippen MR) is 114 cm³/mol. The summed E-state index contributed by atoms with van der Waals surface area (Å²) in [4.78, 5) is 15.2. The smallest absolute Gasteiger partial charge is 0.273 e. The van der Waals surface area contributed by atoms with Gasteiger partial charge in [0.1, 0.15) is 11.4 Å². The number of nitrogens with one attached hydrogen (secondary N) is 1. The summed E-state index contributed by atoms with van der Waals surface area (Å²) >= 11 is 6.06.